The molecule has 0 aliphatic rings. The van der Waals surface area contributed by atoms with Crippen molar-refractivity contribution in [3.05, 3.63) is 34.8 Å². The number of benzene rings is 1. The predicted octanol–water partition coefficient (Wildman–Crippen LogP) is 3.36. The average molecular weight is 182 g/mol. The van der Waals surface area contributed by atoms with Crippen LogP contribution < -0.4 is 0 Å². The van der Waals surface area contributed by atoms with Crippen molar-refractivity contribution in [1.29, 1.82) is 0 Å². The summed E-state index contributed by atoms with van der Waals surface area (Å²) in [5.41, 5.74) is -1.00. The van der Waals surface area contributed by atoms with Crippen LogP contribution >= 0.6 is 11.6 Å². The minimum atomic E-state index is -4.50. The number of alkyl halides is 3. The van der Waals surface area contributed by atoms with Crippen LogP contribution in [0.25, 0.3) is 0 Å². The minimum Gasteiger partial charge on any atom is -0.166 e. The van der Waals surface area contributed by atoms with Crippen molar-refractivity contribution in [2.75, 3.05) is 0 Å². The Kier molecular flexibility index (Phi) is 1.74. The second-order valence-corrected chi connectivity index (χ2v) is 2.32. The Bertz CT molecular complexity index is 295. The Balaban J connectivity index is 3.26. The van der Waals surface area contributed by atoms with Crippen LogP contribution in [-0.4, -0.2) is 0 Å². The monoisotopic (exact) mass is 181 g/mol. The van der Waals surface area contributed by atoms with Crippen molar-refractivity contribution in [2.24, 2.45) is 0 Å². The maximum Gasteiger partial charge on any atom is 0.416 e. The van der Waals surface area contributed by atoms with Gasteiger partial charge in [0.2, 0.25) is 0 Å². The lowest BCUT2D eigenvalue weighted by molar-refractivity contribution is -0.137. The zero-order valence-corrected chi connectivity index (χ0v) is 6.00. The van der Waals surface area contributed by atoms with Crippen molar-refractivity contribution >= 4 is 11.6 Å². The molecule has 1 rings (SSSR count). The molecule has 0 atom stereocenters. The Morgan fingerprint density at radius 3 is 2.45 bits per heavy atom. The maximum absolute atomic E-state index is 12.1. The molecular weight excluding hydrogens is 177 g/mol. The van der Waals surface area contributed by atoms with E-state index in [2.05, 4.69) is 0 Å². The first-order valence-electron chi connectivity index (χ1n) is 3.25. The highest BCUT2D eigenvalue weighted by Crippen LogP contribution is 2.30. The van der Waals surface area contributed by atoms with Gasteiger partial charge in [0.15, 0.2) is 0 Å². The highest BCUT2D eigenvalue weighted by atomic mass is 35.5. The zero-order chi connectivity index (χ0) is 9.35. The lowest BCUT2D eigenvalue weighted by Crippen LogP contribution is -2.03. The smallest absolute Gasteiger partial charge is 0.166 e. The van der Waals surface area contributed by atoms with E-state index in [1.54, 1.807) is 0 Å². The van der Waals surface area contributed by atoms with Crippen LogP contribution in [0.5, 0.6) is 0 Å². The number of hydrogen-bond acceptors (Lipinski definition) is 0. The molecule has 0 spiro atoms. The summed E-state index contributed by atoms with van der Waals surface area (Å²) in [5.74, 6) is 0. The number of rotatable bonds is 0. The second-order valence-electron chi connectivity index (χ2n) is 1.91. The molecule has 0 aliphatic carbocycles. The van der Waals surface area contributed by atoms with Gasteiger partial charge in [-0.3, -0.25) is 0 Å². The molecule has 0 radical (unpaired) electrons. The molecule has 0 bridgehead atoms. The summed E-state index contributed by atoms with van der Waals surface area (Å²) in [6, 6.07) is 2.57. The molecule has 0 saturated carbocycles. The molecule has 0 amide bonds. The minimum absolute atomic E-state index is 0.190. The van der Waals surface area contributed by atoms with E-state index in [0.717, 1.165) is 6.07 Å². The number of halogens is 4. The van der Waals surface area contributed by atoms with Gasteiger partial charge in [-0.25, -0.2) is 0 Å². The third kappa shape index (κ3) is 2.12. The molecule has 1 aromatic carbocycles. The Morgan fingerprint density at radius 1 is 1.36 bits per heavy atom. The lowest BCUT2D eigenvalue weighted by atomic mass is 10.2. The van der Waals surface area contributed by atoms with Crippen molar-refractivity contribution in [1.82, 2.24) is 0 Å². The molecule has 0 aromatic heterocycles. The summed E-state index contributed by atoms with van der Waals surface area (Å²) >= 11 is 5.33. The topological polar surface area (TPSA) is 0 Å². The fourth-order valence-corrected chi connectivity index (χ4v) is 0.781. The molecule has 0 nitrogen and oxygen atoms in total. The van der Waals surface area contributed by atoms with Gasteiger partial charge in [0, 0.05) is 5.02 Å². The van der Waals surface area contributed by atoms with E-state index in [0.29, 0.717) is 0 Å². The van der Waals surface area contributed by atoms with Crippen molar-refractivity contribution in [3.8, 4) is 0 Å². The molecule has 0 saturated heterocycles. The van der Waals surface area contributed by atoms with E-state index in [-0.39, 0.29) is 5.02 Å². The molecule has 0 N–H and O–H groups in total. The molecule has 1 aromatic rings. The fraction of sp³-hybridized carbons (Fsp3) is 0.143. The molecular formula is C7H4ClF3. The Morgan fingerprint density at radius 2 is 2.00 bits per heavy atom. The standard InChI is InChI=1S/C7H4ClF3/c8-6-3-1-2-5(4-6)7(9,10)11/h1-4H/i4D. The third-order valence-electron chi connectivity index (χ3n) is 1.06. The van der Waals surface area contributed by atoms with Gasteiger partial charge < -0.3 is 0 Å². The molecule has 0 aliphatic heterocycles. The van der Waals surface area contributed by atoms with Crippen molar-refractivity contribution < 1.29 is 14.5 Å². The van der Waals surface area contributed by atoms with Crippen LogP contribution in [-0.2, 0) is 6.18 Å². The van der Waals surface area contributed by atoms with Crippen LogP contribution in [0.2, 0.25) is 5.02 Å². The Hall–Kier alpha value is -0.700. The van der Waals surface area contributed by atoms with Crippen LogP contribution in [0.1, 0.15) is 6.93 Å². The van der Waals surface area contributed by atoms with Crippen LogP contribution in [0.3, 0.4) is 0 Å². The molecule has 0 unspecified atom stereocenters. The Labute approximate surface area is 68.0 Å². The van der Waals surface area contributed by atoms with E-state index < -0.39 is 17.8 Å². The van der Waals surface area contributed by atoms with Crippen LogP contribution in [0.15, 0.2) is 24.2 Å². The lowest BCUT2D eigenvalue weighted by Gasteiger charge is -2.05. The van der Waals surface area contributed by atoms with Gasteiger partial charge in [-0.05, 0) is 18.2 Å². The van der Waals surface area contributed by atoms with Gasteiger partial charge in [0.05, 0.1) is 6.93 Å². The summed E-state index contributed by atoms with van der Waals surface area (Å²) in [5, 5.41) is -0.190. The third-order valence-corrected chi connectivity index (χ3v) is 1.29. The first-order valence-corrected chi connectivity index (χ1v) is 3.13. The summed E-state index contributed by atoms with van der Waals surface area (Å²) in [6.07, 6.45) is -4.50. The van der Waals surface area contributed by atoms with E-state index in [1.165, 1.54) is 12.1 Å². The van der Waals surface area contributed by atoms with E-state index in [9.17, 15) is 13.2 Å². The van der Waals surface area contributed by atoms with Crippen molar-refractivity contribution in [2.45, 2.75) is 6.18 Å². The van der Waals surface area contributed by atoms with Crippen LogP contribution in [0.4, 0.5) is 13.2 Å². The summed E-state index contributed by atoms with van der Waals surface area (Å²) in [4.78, 5) is 0. The molecule has 0 fully saturated rings. The van der Waals surface area contributed by atoms with Crippen molar-refractivity contribution in [3.63, 3.8) is 0 Å². The molecule has 0 heterocycles. The molecule has 4 heteroatoms. The van der Waals surface area contributed by atoms with E-state index >= 15 is 0 Å². The maximum atomic E-state index is 12.1. The predicted molar refractivity (Wildman–Crippen MR) is 36.5 cm³/mol. The summed E-state index contributed by atoms with van der Waals surface area (Å²) in [6.45, 7) is 0. The second kappa shape index (κ2) is 2.74. The van der Waals surface area contributed by atoms with E-state index in [1.807, 2.05) is 0 Å². The normalized spacial score (nSPS) is 12.9. The van der Waals surface area contributed by atoms with Gasteiger partial charge in [0.1, 0.15) is 0 Å². The highest BCUT2D eigenvalue weighted by molar-refractivity contribution is 6.30. The fourth-order valence-electron chi connectivity index (χ4n) is 0.606. The molecule has 60 valence electrons. The van der Waals surface area contributed by atoms with Crippen LogP contribution in [0, 0.1) is 0 Å². The van der Waals surface area contributed by atoms with Gasteiger partial charge in [-0.2, -0.15) is 13.2 Å². The number of hydrogen-bond donors (Lipinski definition) is 0. The average Bonchev–Trinajstić information content (AvgIpc) is 1.92. The zero-order valence-electron chi connectivity index (χ0n) is 6.24. The quantitative estimate of drug-likeness (QED) is 0.576. The first-order chi connectivity index (χ1) is 5.43. The van der Waals surface area contributed by atoms with Gasteiger partial charge in [0.25, 0.3) is 0 Å². The van der Waals surface area contributed by atoms with Gasteiger partial charge >= 0.3 is 6.18 Å². The summed E-state index contributed by atoms with van der Waals surface area (Å²) in [7, 11) is 0. The van der Waals surface area contributed by atoms with E-state index in [4.69, 9.17) is 13.0 Å². The highest BCUT2D eigenvalue weighted by Gasteiger charge is 2.30. The molecule has 11 heavy (non-hydrogen) atoms. The summed E-state index contributed by atoms with van der Waals surface area (Å²) < 4.78 is 43.1. The first kappa shape index (κ1) is 6.98. The SMILES string of the molecule is [2H]c1c(Cl)cccc1C(F)(F)F. The largest absolute Gasteiger partial charge is 0.416 e. The van der Waals surface area contributed by atoms with Gasteiger partial charge in [-0.1, -0.05) is 17.7 Å². The van der Waals surface area contributed by atoms with Gasteiger partial charge in [-0.15, -0.1) is 0 Å².